The van der Waals surface area contributed by atoms with Crippen molar-refractivity contribution in [1.29, 1.82) is 0 Å². The molecule has 1 aromatic carbocycles. The molecule has 1 fully saturated rings. The van der Waals surface area contributed by atoms with E-state index in [0.717, 1.165) is 30.0 Å². The smallest absolute Gasteiger partial charge is 0.252 e. The number of amides is 1. The van der Waals surface area contributed by atoms with Crippen molar-refractivity contribution in [2.75, 3.05) is 13.1 Å². The summed E-state index contributed by atoms with van der Waals surface area (Å²) in [5.74, 6) is -0.0103. The molecule has 1 aromatic rings. The van der Waals surface area contributed by atoms with Gasteiger partial charge in [0.2, 0.25) is 0 Å². The van der Waals surface area contributed by atoms with Crippen LogP contribution in [0.3, 0.4) is 0 Å². The van der Waals surface area contributed by atoms with E-state index >= 15 is 0 Å². The maximum atomic E-state index is 11.8. The topological polar surface area (TPSA) is 41.1 Å². The first-order chi connectivity index (χ1) is 8.27. The van der Waals surface area contributed by atoms with E-state index < -0.39 is 0 Å². The Morgan fingerprint density at radius 2 is 2.06 bits per heavy atom. The van der Waals surface area contributed by atoms with Crippen LogP contribution < -0.4 is 10.6 Å². The Balaban J connectivity index is 1.67. The molecule has 4 heteroatoms. The van der Waals surface area contributed by atoms with Crippen LogP contribution >= 0.6 is 15.9 Å². The predicted molar refractivity (Wildman–Crippen MR) is 72.1 cm³/mol. The molecule has 0 aromatic heterocycles. The minimum Gasteiger partial charge on any atom is -0.352 e. The van der Waals surface area contributed by atoms with Gasteiger partial charge in [0.1, 0.15) is 0 Å². The van der Waals surface area contributed by atoms with Gasteiger partial charge in [0.15, 0.2) is 0 Å². The number of hydrogen-bond donors (Lipinski definition) is 2. The van der Waals surface area contributed by atoms with Crippen molar-refractivity contribution >= 4 is 21.8 Å². The maximum absolute atomic E-state index is 11.8. The second-order valence-corrected chi connectivity index (χ2v) is 5.17. The van der Waals surface area contributed by atoms with E-state index in [1.807, 2.05) is 24.3 Å². The van der Waals surface area contributed by atoms with Gasteiger partial charge in [-0.2, -0.15) is 0 Å². The van der Waals surface area contributed by atoms with E-state index in [2.05, 4.69) is 26.6 Å². The molecule has 0 unspecified atom stereocenters. The molecule has 0 atom stereocenters. The lowest BCUT2D eigenvalue weighted by Crippen LogP contribution is -2.28. The summed E-state index contributed by atoms with van der Waals surface area (Å²) in [6, 6.07) is 8.22. The lowest BCUT2D eigenvalue weighted by molar-refractivity contribution is 0.0952. The third kappa shape index (κ3) is 4.13. The number of hydrogen-bond acceptors (Lipinski definition) is 2. The van der Waals surface area contributed by atoms with Gasteiger partial charge in [-0.25, -0.2) is 0 Å². The Morgan fingerprint density at radius 3 is 2.76 bits per heavy atom. The zero-order valence-corrected chi connectivity index (χ0v) is 11.3. The molecule has 0 heterocycles. The van der Waals surface area contributed by atoms with Gasteiger partial charge < -0.3 is 10.6 Å². The van der Waals surface area contributed by atoms with Crippen molar-refractivity contribution < 1.29 is 4.79 Å². The van der Waals surface area contributed by atoms with Gasteiger partial charge in [-0.1, -0.05) is 12.1 Å². The highest BCUT2D eigenvalue weighted by molar-refractivity contribution is 9.10. The molecular weight excluding hydrogens is 280 g/mol. The second kappa shape index (κ2) is 6.17. The third-order valence-corrected chi connectivity index (χ3v) is 3.46. The summed E-state index contributed by atoms with van der Waals surface area (Å²) in [4.78, 5) is 11.8. The highest BCUT2D eigenvalue weighted by atomic mass is 79.9. The normalized spacial score (nSPS) is 14.6. The number of carbonyl (C=O) groups is 1. The van der Waals surface area contributed by atoms with Crippen LogP contribution in [0, 0.1) is 0 Å². The van der Waals surface area contributed by atoms with Crippen LogP contribution in [0.2, 0.25) is 0 Å². The summed E-state index contributed by atoms with van der Waals surface area (Å²) < 4.78 is 0.841. The van der Waals surface area contributed by atoms with Crippen molar-refractivity contribution in [3.05, 3.63) is 34.3 Å². The van der Waals surface area contributed by atoms with Crippen LogP contribution in [0.1, 0.15) is 29.6 Å². The molecule has 2 rings (SSSR count). The van der Waals surface area contributed by atoms with E-state index in [1.165, 1.54) is 12.8 Å². The van der Waals surface area contributed by atoms with Crippen molar-refractivity contribution in [3.63, 3.8) is 0 Å². The zero-order valence-electron chi connectivity index (χ0n) is 9.71. The van der Waals surface area contributed by atoms with Gasteiger partial charge >= 0.3 is 0 Å². The molecule has 0 bridgehead atoms. The van der Waals surface area contributed by atoms with Crippen LogP contribution in [0.25, 0.3) is 0 Å². The first-order valence-electron chi connectivity index (χ1n) is 6.03. The van der Waals surface area contributed by atoms with Crippen molar-refractivity contribution in [1.82, 2.24) is 10.6 Å². The average molecular weight is 297 g/mol. The minimum atomic E-state index is -0.0103. The highest BCUT2D eigenvalue weighted by Gasteiger charge is 2.19. The van der Waals surface area contributed by atoms with Crippen molar-refractivity contribution in [3.8, 4) is 0 Å². The Hall–Kier alpha value is -0.870. The lowest BCUT2D eigenvalue weighted by atomic mass is 10.2. The van der Waals surface area contributed by atoms with Crippen LogP contribution in [0.15, 0.2) is 28.7 Å². The number of carbonyl (C=O) groups excluding carboxylic acids is 1. The predicted octanol–water partition coefficient (Wildman–Crippen LogP) is 2.32. The standard InChI is InChI=1S/C13H17BrN2O/c14-12-5-2-1-4-11(12)13(17)16-9-3-8-15-10-6-7-10/h1-2,4-5,10,15H,3,6-9H2,(H,16,17). The Bertz CT molecular complexity index is 391. The largest absolute Gasteiger partial charge is 0.352 e. The van der Waals surface area contributed by atoms with E-state index in [4.69, 9.17) is 0 Å². The molecule has 0 saturated heterocycles. The Kier molecular flexibility index (Phi) is 4.57. The fourth-order valence-corrected chi connectivity index (χ4v) is 2.09. The molecule has 3 nitrogen and oxygen atoms in total. The fourth-order valence-electron chi connectivity index (χ4n) is 1.62. The summed E-state index contributed by atoms with van der Waals surface area (Å²) in [5, 5.41) is 6.35. The summed E-state index contributed by atoms with van der Waals surface area (Å²) in [5.41, 5.74) is 0.697. The molecule has 2 N–H and O–H groups in total. The number of rotatable bonds is 6. The quantitative estimate of drug-likeness (QED) is 0.791. The zero-order chi connectivity index (χ0) is 12.1. The van der Waals surface area contributed by atoms with Crippen molar-refractivity contribution in [2.45, 2.75) is 25.3 Å². The molecule has 1 aliphatic rings. The molecule has 1 saturated carbocycles. The van der Waals surface area contributed by atoms with E-state index in [0.29, 0.717) is 5.56 Å². The minimum absolute atomic E-state index is 0.0103. The lowest BCUT2D eigenvalue weighted by Gasteiger charge is -2.07. The third-order valence-electron chi connectivity index (χ3n) is 2.77. The van der Waals surface area contributed by atoms with Gasteiger partial charge in [0.05, 0.1) is 5.56 Å². The molecule has 1 aliphatic carbocycles. The van der Waals surface area contributed by atoms with E-state index in [1.54, 1.807) is 0 Å². The summed E-state index contributed by atoms with van der Waals surface area (Å²) in [6.07, 6.45) is 3.60. The summed E-state index contributed by atoms with van der Waals surface area (Å²) in [7, 11) is 0. The molecule has 92 valence electrons. The van der Waals surface area contributed by atoms with Gasteiger partial charge in [0, 0.05) is 17.1 Å². The maximum Gasteiger partial charge on any atom is 0.252 e. The first-order valence-corrected chi connectivity index (χ1v) is 6.83. The number of benzene rings is 1. The van der Waals surface area contributed by atoms with E-state index in [-0.39, 0.29) is 5.91 Å². The molecule has 1 amide bonds. The molecular formula is C13H17BrN2O. The van der Waals surface area contributed by atoms with E-state index in [9.17, 15) is 4.79 Å². The number of nitrogens with one attached hydrogen (secondary N) is 2. The summed E-state index contributed by atoms with van der Waals surface area (Å²) >= 11 is 3.37. The van der Waals surface area contributed by atoms with Crippen LogP contribution in [0.4, 0.5) is 0 Å². The number of halogens is 1. The molecule has 17 heavy (non-hydrogen) atoms. The van der Waals surface area contributed by atoms with Gasteiger partial charge in [-0.3, -0.25) is 4.79 Å². The molecule has 0 radical (unpaired) electrons. The average Bonchev–Trinajstić information content (AvgIpc) is 3.13. The van der Waals surface area contributed by atoms with Crippen molar-refractivity contribution in [2.24, 2.45) is 0 Å². The highest BCUT2D eigenvalue weighted by Crippen LogP contribution is 2.18. The molecule has 0 aliphatic heterocycles. The van der Waals surface area contributed by atoms with Gasteiger partial charge in [0.25, 0.3) is 5.91 Å². The van der Waals surface area contributed by atoms with Gasteiger partial charge in [-0.05, 0) is 53.9 Å². The molecule has 0 spiro atoms. The van der Waals surface area contributed by atoms with Crippen LogP contribution in [-0.4, -0.2) is 25.0 Å². The Morgan fingerprint density at radius 1 is 1.29 bits per heavy atom. The SMILES string of the molecule is O=C(NCCCNC1CC1)c1ccccc1Br. The monoisotopic (exact) mass is 296 g/mol. The first kappa shape index (κ1) is 12.6. The Labute approximate surface area is 110 Å². The van der Waals surface area contributed by atoms with Crippen LogP contribution in [0.5, 0.6) is 0 Å². The summed E-state index contributed by atoms with van der Waals surface area (Å²) in [6.45, 7) is 1.71. The fraction of sp³-hybridized carbons (Fsp3) is 0.462. The second-order valence-electron chi connectivity index (χ2n) is 4.32. The van der Waals surface area contributed by atoms with Crippen LogP contribution in [-0.2, 0) is 0 Å². The van der Waals surface area contributed by atoms with Gasteiger partial charge in [-0.15, -0.1) is 0 Å².